The third kappa shape index (κ3) is 5.46. The first-order valence-corrected chi connectivity index (χ1v) is 7.04. The van der Waals surface area contributed by atoms with Crippen LogP contribution in [0, 0.1) is 3.57 Å². The minimum atomic E-state index is -1.07. The van der Waals surface area contributed by atoms with E-state index in [-0.39, 0.29) is 23.8 Å². The van der Waals surface area contributed by atoms with Crippen LogP contribution < -0.4 is 10.1 Å². The molecular formula is C13H16INO4. The van der Waals surface area contributed by atoms with Crippen molar-refractivity contribution in [3.63, 3.8) is 0 Å². The Morgan fingerprint density at radius 1 is 1.42 bits per heavy atom. The number of rotatable bonds is 7. The standard InChI is InChI=1S/C13H16INO4/c1-2-3-6-15-12(16)8-19-11-5-4-9(14)7-10(11)13(17)18/h4-5,7H,2-3,6,8H2,1H3,(H,15,16)(H,17,18). The summed E-state index contributed by atoms with van der Waals surface area (Å²) in [5, 5.41) is 11.7. The summed E-state index contributed by atoms with van der Waals surface area (Å²) in [6, 6.07) is 4.80. The van der Waals surface area contributed by atoms with E-state index >= 15 is 0 Å². The van der Waals surface area contributed by atoms with Gasteiger partial charge in [0.15, 0.2) is 6.61 Å². The van der Waals surface area contributed by atoms with Crippen LogP contribution in [0.3, 0.4) is 0 Å². The Kier molecular flexibility index (Phi) is 6.61. The van der Waals surface area contributed by atoms with Crippen molar-refractivity contribution in [1.82, 2.24) is 5.32 Å². The highest BCUT2D eigenvalue weighted by Gasteiger charge is 2.13. The van der Waals surface area contributed by atoms with Crippen LogP contribution >= 0.6 is 22.6 Å². The molecule has 5 nitrogen and oxygen atoms in total. The number of benzene rings is 1. The molecule has 0 fully saturated rings. The highest BCUT2D eigenvalue weighted by molar-refractivity contribution is 14.1. The van der Waals surface area contributed by atoms with E-state index in [4.69, 9.17) is 9.84 Å². The first-order valence-electron chi connectivity index (χ1n) is 5.97. The second-order valence-electron chi connectivity index (χ2n) is 3.94. The van der Waals surface area contributed by atoms with Gasteiger partial charge in [0.25, 0.3) is 5.91 Å². The molecule has 1 amide bonds. The number of aromatic carboxylic acids is 1. The second kappa shape index (κ2) is 7.98. The number of carboxylic acids is 1. The molecule has 0 aliphatic heterocycles. The van der Waals surface area contributed by atoms with Crippen LogP contribution in [0.1, 0.15) is 30.1 Å². The number of unbranched alkanes of at least 4 members (excludes halogenated alkanes) is 1. The second-order valence-corrected chi connectivity index (χ2v) is 5.18. The zero-order valence-electron chi connectivity index (χ0n) is 10.6. The number of hydrogen-bond donors (Lipinski definition) is 2. The molecule has 19 heavy (non-hydrogen) atoms. The van der Waals surface area contributed by atoms with Gasteiger partial charge in [-0.05, 0) is 47.2 Å². The first kappa shape index (κ1) is 15.7. The van der Waals surface area contributed by atoms with Gasteiger partial charge in [-0.1, -0.05) is 13.3 Å². The summed E-state index contributed by atoms with van der Waals surface area (Å²) in [7, 11) is 0. The SMILES string of the molecule is CCCCNC(=O)COc1ccc(I)cc1C(=O)O. The minimum Gasteiger partial charge on any atom is -0.483 e. The van der Waals surface area contributed by atoms with Crippen LogP contribution in [0.5, 0.6) is 5.75 Å². The van der Waals surface area contributed by atoms with Crippen LogP contribution in [0.25, 0.3) is 0 Å². The molecule has 0 aliphatic rings. The zero-order valence-corrected chi connectivity index (χ0v) is 12.8. The average Bonchev–Trinajstić information content (AvgIpc) is 2.37. The van der Waals surface area contributed by atoms with Crippen LogP contribution in [-0.2, 0) is 4.79 Å². The lowest BCUT2D eigenvalue weighted by Gasteiger charge is -2.09. The highest BCUT2D eigenvalue weighted by atomic mass is 127. The Morgan fingerprint density at radius 3 is 2.79 bits per heavy atom. The molecule has 0 atom stereocenters. The monoisotopic (exact) mass is 377 g/mol. The van der Waals surface area contributed by atoms with E-state index in [0.29, 0.717) is 6.54 Å². The van der Waals surface area contributed by atoms with Gasteiger partial charge in [0.05, 0.1) is 0 Å². The maximum atomic E-state index is 11.5. The fraction of sp³-hybridized carbons (Fsp3) is 0.385. The summed E-state index contributed by atoms with van der Waals surface area (Å²) in [6.45, 7) is 2.47. The van der Waals surface area contributed by atoms with E-state index in [1.54, 1.807) is 12.1 Å². The van der Waals surface area contributed by atoms with Crippen molar-refractivity contribution in [2.24, 2.45) is 0 Å². The summed E-state index contributed by atoms with van der Waals surface area (Å²) in [5.41, 5.74) is 0.0632. The number of carboxylic acid groups (broad SMARTS) is 1. The van der Waals surface area contributed by atoms with E-state index in [2.05, 4.69) is 5.32 Å². The smallest absolute Gasteiger partial charge is 0.339 e. The van der Waals surface area contributed by atoms with Gasteiger partial charge in [0.2, 0.25) is 0 Å². The Balaban J connectivity index is 2.57. The predicted molar refractivity (Wildman–Crippen MR) is 79.5 cm³/mol. The lowest BCUT2D eigenvalue weighted by molar-refractivity contribution is -0.123. The van der Waals surface area contributed by atoms with Gasteiger partial charge in [-0.25, -0.2) is 4.79 Å². The van der Waals surface area contributed by atoms with Gasteiger partial charge < -0.3 is 15.2 Å². The van der Waals surface area contributed by atoms with Crippen molar-refractivity contribution in [3.8, 4) is 5.75 Å². The van der Waals surface area contributed by atoms with E-state index in [0.717, 1.165) is 16.4 Å². The molecule has 6 heteroatoms. The molecule has 0 spiro atoms. The summed E-state index contributed by atoms with van der Waals surface area (Å²) in [6.07, 6.45) is 1.91. The van der Waals surface area contributed by atoms with Crippen LogP contribution in [0.4, 0.5) is 0 Å². The number of carbonyl (C=O) groups is 2. The number of halogens is 1. The molecule has 104 valence electrons. The molecule has 0 bridgehead atoms. The molecular weight excluding hydrogens is 361 g/mol. The lowest BCUT2D eigenvalue weighted by Crippen LogP contribution is -2.29. The van der Waals surface area contributed by atoms with Crippen LogP contribution in [0.15, 0.2) is 18.2 Å². The van der Waals surface area contributed by atoms with Gasteiger partial charge in [0.1, 0.15) is 11.3 Å². The van der Waals surface area contributed by atoms with Crippen molar-refractivity contribution < 1.29 is 19.4 Å². The van der Waals surface area contributed by atoms with Crippen molar-refractivity contribution in [3.05, 3.63) is 27.3 Å². The van der Waals surface area contributed by atoms with E-state index in [1.807, 2.05) is 29.5 Å². The zero-order chi connectivity index (χ0) is 14.3. The van der Waals surface area contributed by atoms with Crippen LogP contribution in [0.2, 0.25) is 0 Å². The number of ether oxygens (including phenoxy) is 1. The van der Waals surface area contributed by atoms with Gasteiger partial charge in [-0.3, -0.25) is 4.79 Å². The molecule has 1 rings (SSSR count). The maximum absolute atomic E-state index is 11.5. The maximum Gasteiger partial charge on any atom is 0.339 e. The molecule has 0 unspecified atom stereocenters. The van der Waals surface area contributed by atoms with Gasteiger partial charge in [-0.2, -0.15) is 0 Å². The van der Waals surface area contributed by atoms with E-state index < -0.39 is 5.97 Å². The predicted octanol–water partition coefficient (Wildman–Crippen LogP) is 2.28. The highest BCUT2D eigenvalue weighted by Crippen LogP contribution is 2.21. The molecule has 0 aromatic heterocycles. The summed E-state index contributed by atoms with van der Waals surface area (Å²) >= 11 is 2.02. The fourth-order valence-corrected chi connectivity index (χ4v) is 1.89. The van der Waals surface area contributed by atoms with Crippen molar-refractivity contribution in [1.29, 1.82) is 0 Å². The van der Waals surface area contributed by atoms with Gasteiger partial charge >= 0.3 is 5.97 Å². The number of amides is 1. The normalized spacial score (nSPS) is 10.0. The molecule has 2 N–H and O–H groups in total. The molecule has 0 aliphatic carbocycles. The average molecular weight is 377 g/mol. The van der Waals surface area contributed by atoms with Crippen molar-refractivity contribution in [2.75, 3.05) is 13.2 Å². The Bertz CT molecular complexity index is 462. The van der Waals surface area contributed by atoms with E-state index in [9.17, 15) is 9.59 Å². The lowest BCUT2D eigenvalue weighted by atomic mass is 10.2. The summed E-state index contributed by atoms with van der Waals surface area (Å²) in [4.78, 5) is 22.5. The van der Waals surface area contributed by atoms with Crippen molar-refractivity contribution >= 4 is 34.5 Å². The number of hydrogen-bond acceptors (Lipinski definition) is 3. The molecule has 0 saturated carbocycles. The molecule has 1 aromatic carbocycles. The largest absolute Gasteiger partial charge is 0.483 e. The fourth-order valence-electron chi connectivity index (χ4n) is 1.39. The van der Waals surface area contributed by atoms with Gasteiger partial charge in [0, 0.05) is 10.1 Å². The molecule has 1 aromatic rings. The van der Waals surface area contributed by atoms with Gasteiger partial charge in [-0.15, -0.1) is 0 Å². The molecule has 0 radical (unpaired) electrons. The quantitative estimate of drug-likeness (QED) is 0.565. The third-order valence-electron chi connectivity index (χ3n) is 2.38. The minimum absolute atomic E-state index is 0.0632. The Hall–Kier alpha value is -1.31. The summed E-state index contributed by atoms with van der Waals surface area (Å²) in [5.74, 6) is -1.11. The topological polar surface area (TPSA) is 75.6 Å². The molecule has 0 saturated heterocycles. The number of nitrogens with one attached hydrogen (secondary N) is 1. The number of carbonyl (C=O) groups excluding carboxylic acids is 1. The van der Waals surface area contributed by atoms with Crippen LogP contribution in [-0.4, -0.2) is 30.1 Å². The summed E-state index contributed by atoms with van der Waals surface area (Å²) < 4.78 is 6.05. The first-order chi connectivity index (χ1) is 9.04. The van der Waals surface area contributed by atoms with E-state index in [1.165, 1.54) is 6.07 Å². The molecule has 0 heterocycles. The third-order valence-corrected chi connectivity index (χ3v) is 3.05. The van der Waals surface area contributed by atoms with Crippen molar-refractivity contribution in [2.45, 2.75) is 19.8 Å². The Morgan fingerprint density at radius 2 is 2.16 bits per heavy atom. The Labute approximate surface area is 125 Å².